The van der Waals surface area contributed by atoms with Gasteiger partial charge in [-0.2, -0.15) is 16.8 Å². The van der Waals surface area contributed by atoms with Gasteiger partial charge in [0.25, 0.3) is 0 Å². The highest BCUT2D eigenvalue weighted by atomic mass is 32.2. The molecule has 200 valence electrons. The number of rotatable bonds is 8. The van der Waals surface area contributed by atoms with Crippen molar-refractivity contribution in [1.29, 1.82) is 0 Å². The number of hydrogen-bond donors (Lipinski definition) is 4. The van der Waals surface area contributed by atoms with E-state index in [4.69, 9.17) is 18.0 Å². The Morgan fingerprint density at radius 1 is 0.526 bits per heavy atom. The van der Waals surface area contributed by atoms with E-state index in [0.29, 0.717) is 11.5 Å². The summed E-state index contributed by atoms with van der Waals surface area (Å²) in [6.45, 7) is 0. The third-order valence-corrected chi connectivity index (χ3v) is 8.10. The van der Waals surface area contributed by atoms with E-state index >= 15 is 0 Å². The summed E-state index contributed by atoms with van der Waals surface area (Å²) in [6, 6.07) is 10.1. The lowest BCUT2D eigenvalue weighted by Crippen LogP contribution is -2.20. The molecule has 0 fully saturated rings. The number of benzene rings is 2. The number of ether oxygens (including phenoxy) is 2. The van der Waals surface area contributed by atoms with Crippen molar-refractivity contribution in [3.05, 3.63) is 48.5 Å². The first-order valence-corrected chi connectivity index (χ1v) is 13.2. The minimum atomic E-state index is -4.57. The Morgan fingerprint density at radius 3 is 1.03 bits per heavy atom. The molecular formula is C22H18N2O12S2. The summed E-state index contributed by atoms with van der Waals surface area (Å²) in [5.41, 5.74) is -1.28. The standard InChI is InChI=1S/C22H18N2O12S2/c1-33-11-3-7-13(8-4-11)37(29,30)35-23-19(25)15-16(20(23)26)18-17(15)21(27)24(22(18)28)36-38(31,32)14-9-5-12(34-2)6-10-14/h3-10,25-28H,1-2H3. The minimum Gasteiger partial charge on any atom is -0.497 e. The summed E-state index contributed by atoms with van der Waals surface area (Å²) in [6.07, 6.45) is 0. The van der Waals surface area contributed by atoms with Crippen LogP contribution in [0.5, 0.6) is 35.0 Å². The van der Waals surface area contributed by atoms with Gasteiger partial charge in [0.15, 0.2) is 0 Å². The van der Waals surface area contributed by atoms with Gasteiger partial charge in [0, 0.05) is 0 Å². The van der Waals surface area contributed by atoms with Crippen molar-refractivity contribution in [3.8, 4) is 57.3 Å². The zero-order valence-corrected chi connectivity index (χ0v) is 21.0. The Hall–Kier alpha value is -4.70. The summed E-state index contributed by atoms with van der Waals surface area (Å²) in [4.78, 5) is -0.665. The van der Waals surface area contributed by atoms with Gasteiger partial charge in [0.1, 0.15) is 21.3 Å². The summed E-state index contributed by atoms with van der Waals surface area (Å²) < 4.78 is 70.7. The van der Waals surface area contributed by atoms with Crippen LogP contribution in [0.15, 0.2) is 58.3 Å². The summed E-state index contributed by atoms with van der Waals surface area (Å²) in [7, 11) is -6.37. The molecule has 2 aromatic heterocycles. The van der Waals surface area contributed by atoms with Gasteiger partial charge >= 0.3 is 20.2 Å². The number of fused-ring (bicyclic) bond motifs is 4. The van der Waals surface area contributed by atoms with Crippen molar-refractivity contribution in [1.82, 2.24) is 9.46 Å². The molecule has 4 aromatic rings. The maximum Gasteiger partial charge on any atom is 0.357 e. The van der Waals surface area contributed by atoms with Crippen LogP contribution < -0.4 is 18.0 Å². The molecule has 4 N–H and O–H groups in total. The van der Waals surface area contributed by atoms with Crippen LogP contribution in [0, 0.1) is 0 Å². The van der Waals surface area contributed by atoms with E-state index in [2.05, 4.69) is 0 Å². The van der Waals surface area contributed by atoms with Crippen LogP contribution in [0.4, 0.5) is 0 Å². The molecule has 0 saturated carbocycles. The molecule has 14 nitrogen and oxygen atoms in total. The average molecular weight is 567 g/mol. The molecule has 2 heterocycles. The van der Waals surface area contributed by atoms with Crippen LogP contribution in [0.3, 0.4) is 0 Å². The number of aromatic nitrogens is 2. The van der Waals surface area contributed by atoms with Crippen molar-refractivity contribution in [3.63, 3.8) is 0 Å². The summed E-state index contributed by atoms with van der Waals surface area (Å²) in [5, 5.41) is 42.4. The van der Waals surface area contributed by atoms with Crippen LogP contribution in [-0.4, -0.2) is 60.9 Å². The van der Waals surface area contributed by atoms with Crippen molar-refractivity contribution in [2.45, 2.75) is 9.79 Å². The second-order valence-electron chi connectivity index (χ2n) is 7.79. The van der Waals surface area contributed by atoms with Crippen molar-refractivity contribution >= 4 is 20.2 Å². The monoisotopic (exact) mass is 566 g/mol. The minimum absolute atomic E-state index is 0.183. The SMILES string of the molecule is COc1ccc(S(=O)(=O)On2c(O)c3c(c2O)-c2c-3c(O)n(OS(=O)(=O)c3ccc(OC)cc3)c2O)cc1. The Kier molecular flexibility index (Phi) is 5.53. The lowest BCUT2D eigenvalue weighted by Gasteiger charge is -2.13. The molecule has 2 aromatic carbocycles. The molecule has 0 radical (unpaired) electrons. The van der Waals surface area contributed by atoms with Crippen LogP contribution in [0.25, 0.3) is 22.3 Å². The molecule has 0 saturated heterocycles. The highest BCUT2D eigenvalue weighted by Gasteiger charge is 2.46. The highest BCUT2D eigenvalue weighted by Crippen LogP contribution is 2.64. The van der Waals surface area contributed by atoms with Crippen molar-refractivity contribution < 1.29 is 55.3 Å². The van der Waals surface area contributed by atoms with E-state index in [1.54, 1.807) is 0 Å². The largest absolute Gasteiger partial charge is 0.497 e. The Bertz CT molecular complexity index is 1590. The Labute approximate surface area is 214 Å². The van der Waals surface area contributed by atoms with Gasteiger partial charge in [-0.1, -0.05) is 9.46 Å². The summed E-state index contributed by atoms with van der Waals surface area (Å²) >= 11 is 0. The van der Waals surface area contributed by atoms with Gasteiger partial charge in [-0.25, -0.2) is 0 Å². The fourth-order valence-corrected chi connectivity index (χ4v) is 5.63. The lowest BCUT2D eigenvalue weighted by molar-refractivity contribution is 0.201. The molecule has 0 bridgehead atoms. The van der Waals surface area contributed by atoms with Gasteiger partial charge in [-0.15, -0.1) is 0 Å². The third-order valence-electron chi connectivity index (χ3n) is 5.71. The Balaban J connectivity index is 1.49. The molecule has 16 heteroatoms. The van der Waals surface area contributed by atoms with Crippen LogP contribution in [-0.2, 0) is 20.2 Å². The van der Waals surface area contributed by atoms with Crippen LogP contribution in [0.2, 0.25) is 0 Å². The average Bonchev–Trinajstić information content (AvgIpc) is 3.19. The van der Waals surface area contributed by atoms with Gasteiger partial charge in [-0.05, 0) is 48.5 Å². The van der Waals surface area contributed by atoms with Gasteiger partial charge < -0.3 is 29.9 Å². The predicted molar refractivity (Wildman–Crippen MR) is 127 cm³/mol. The molecule has 1 aliphatic carbocycles. The first-order chi connectivity index (χ1) is 17.9. The zero-order chi connectivity index (χ0) is 27.6. The third kappa shape index (κ3) is 3.60. The first-order valence-electron chi connectivity index (χ1n) is 10.4. The van der Waals surface area contributed by atoms with Gasteiger partial charge in [0.05, 0.1) is 36.5 Å². The van der Waals surface area contributed by atoms with Crippen molar-refractivity contribution in [2.24, 2.45) is 0 Å². The van der Waals surface area contributed by atoms with E-state index in [-0.39, 0.29) is 41.5 Å². The van der Waals surface area contributed by atoms with E-state index in [1.165, 1.54) is 62.8 Å². The fourth-order valence-electron chi connectivity index (χ4n) is 3.85. The fraction of sp³-hybridized carbons (Fsp3) is 0.0909. The maximum atomic E-state index is 12.7. The molecule has 38 heavy (non-hydrogen) atoms. The first kappa shape index (κ1) is 25.0. The number of methoxy groups -OCH3 is 2. The molecule has 0 spiro atoms. The van der Waals surface area contributed by atoms with E-state index in [1.807, 2.05) is 0 Å². The normalized spacial score (nSPS) is 12.3. The van der Waals surface area contributed by atoms with Gasteiger partial charge in [0.2, 0.25) is 23.5 Å². The second-order valence-corrected chi connectivity index (χ2v) is 10.8. The molecule has 1 aliphatic rings. The smallest absolute Gasteiger partial charge is 0.357 e. The molecule has 5 rings (SSSR count). The van der Waals surface area contributed by atoms with Gasteiger partial charge in [-0.3, -0.25) is 8.57 Å². The lowest BCUT2D eigenvalue weighted by atomic mass is 9.86. The van der Waals surface area contributed by atoms with Crippen molar-refractivity contribution in [2.75, 3.05) is 14.2 Å². The molecule has 0 amide bonds. The highest BCUT2D eigenvalue weighted by molar-refractivity contribution is 7.87. The van der Waals surface area contributed by atoms with E-state index < -0.39 is 43.8 Å². The molecule has 0 aliphatic heterocycles. The van der Waals surface area contributed by atoms with E-state index in [9.17, 15) is 37.3 Å². The molecule has 0 atom stereocenters. The number of aromatic hydroxyl groups is 4. The second kappa shape index (κ2) is 8.42. The predicted octanol–water partition coefficient (Wildman–Crippen LogP) is 1.41. The zero-order valence-electron chi connectivity index (χ0n) is 19.4. The Morgan fingerprint density at radius 2 is 0.789 bits per heavy atom. The van der Waals surface area contributed by atoms with E-state index in [0.717, 1.165) is 0 Å². The maximum absolute atomic E-state index is 12.7. The molecule has 0 unspecified atom stereocenters. The van der Waals surface area contributed by atoms with Crippen LogP contribution >= 0.6 is 0 Å². The van der Waals surface area contributed by atoms with Crippen LogP contribution in [0.1, 0.15) is 0 Å². The topological polar surface area (TPSA) is 196 Å². The molecular weight excluding hydrogens is 548 g/mol. The number of hydrogen-bond acceptors (Lipinski definition) is 12. The quantitative estimate of drug-likeness (QED) is 0.211. The summed E-state index contributed by atoms with van der Waals surface area (Å²) in [5.74, 6) is -3.06. The number of nitrogens with zero attached hydrogens (tertiary/aromatic N) is 2.